The minimum absolute atomic E-state index is 0.104. The Morgan fingerprint density at radius 1 is 1.43 bits per heavy atom. The number of hydrogen-bond acceptors (Lipinski definition) is 5. The van der Waals surface area contributed by atoms with Crippen LogP contribution in [0.25, 0.3) is 10.9 Å². The maximum absolute atomic E-state index is 11.3. The first-order valence-electron chi connectivity index (χ1n) is 6.84. The molecule has 0 aliphatic carbocycles. The second kappa shape index (κ2) is 5.44. The number of aromatic nitrogens is 3. The quantitative estimate of drug-likeness (QED) is 0.860. The lowest BCUT2D eigenvalue weighted by Gasteiger charge is -2.15. The van der Waals surface area contributed by atoms with Gasteiger partial charge in [0, 0.05) is 38.4 Å². The lowest BCUT2D eigenvalue weighted by atomic mass is 10.2. The number of pyridine rings is 1. The third-order valence-corrected chi connectivity index (χ3v) is 4.02. The zero-order valence-electron chi connectivity index (χ0n) is 11.9. The fraction of sp³-hybridized carbons (Fsp3) is 0.429. The molecule has 110 valence electrons. The molecule has 6 nitrogen and oxygen atoms in total. The summed E-state index contributed by atoms with van der Waals surface area (Å²) in [7, 11) is 0. The highest BCUT2D eigenvalue weighted by Crippen LogP contribution is 2.23. The summed E-state index contributed by atoms with van der Waals surface area (Å²) in [4.78, 5) is 26.1. The van der Waals surface area contributed by atoms with Gasteiger partial charge in [-0.05, 0) is 18.9 Å². The van der Waals surface area contributed by atoms with Crippen LogP contribution in [-0.2, 0) is 4.79 Å². The van der Waals surface area contributed by atoms with Crippen molar-refractivity contribution in [1.82, 2.24) is 19.9 Å². The Morgan fingerprint density at radius 3 is 2.95 bits per heavy atom. The monoisotopic (exact) mass is 305 g/mol. The Bertz CT molecular complexity index is 705. The average Bonchev–Trinajstić information content (AvgIpc) is 2.92. The minimum Gasteiger partial charge on any atom is -0.350 e. The number of nitrogens with one attached hydrogen (secondary N) is 1. The smallest absolute Gasteiger partial charge is 0.223 e. The summed E-state index contributed by atoms with van der Waals surface area (Å²) < 4.78 is 0. The molecule has 1 unspecified atom stereocenters. The van der Waals surface area contributed by atoms with E-state index < -0.39 is 0 Å². The van der Waals surface area contributed by atoms with Crippen LogP contribution in [0.15, 0.2) is 12.4 Å². The van der Waals surface area contributed by atoms with Gasteiger partial charge in [0.15, 0.2) is 0 Å². The van der Waals surface area contributed by atoms with Gasteiger partial charge >= 0.3 is 0 Å². The van der Waals surface area contributed by atoms with Gasteiger partial charge in [0.1, 0.15) is 5.15 Å². The molecule has 0 bridgehead atoms. The van der Waals surface area contributed by atoms with Crippen molar-refractivity contribution in [3.63, 3.8) is 0 Å². The normalized spacial score (nSPS) is 18.2. The van der Waals surface area contributed by atoms with Crippen LogP contribution in [-0.4, -0.2) is 44.9 Å². The van der Waals surface area contributed by atoms with E-state index in [2.05, 4.69) is 20.3 Å². The topological polar surface area (TPSA) is 71.0 Å². The van der Waals surface area contributed by atoms with Gasteiger partial charge in [-0.25, -0.2) is 15.0 Å². The van der Waals surface area contributed by atoms with Gasteiger partial charge in [-0.15, -0.1) is 0 Å². The molecular weight excluding hydrogens is 290 g/mol. The molecule has 0 spiro atoms. The van der Waals surface area contributed by atoms with Crippen LogP contribution >= 0.6 is 11.6 Å². The van der Waals surface area contributed by atoms with Crippen LogP contribution in [0.1, 0.15) is 18.9 Å². The molecule has 3 heterocycles. The Kier molecular flexibility index (Phi) is 3.63. The molecule has 3 rings (SSSR count). The van der Waals surface area contributed by atoms with Gasteiger partial charge in [0.25, 0.3) is 0 Å². The second-order valence-corrected chi connectivity index (χ2v) is 5.64. The Labute approximate surface area is 127 Å². The van der Waals surface area contributed by atoms with Crippen molar-refractivity contribution in [3.8, 4) is 0 Å². The lowest BCUT2D eigenvalue weighted by molar-refractivity contribution is -0.127. The molecule has 1 saturated heterocycles. The number of carbonyl (C=O) groups is 1. The third kappa shape index (κ3) is 2.76. The summed E-state index contributed by atoms with van der Waals surface area (Å²) in [5, 5.41) is 4.44. The Hall–Kier alpha value is -1.95. The van der Waals surface area contributed by atoms with Crippen molar-refractivity contribution in [1.29, 1.82) is 0 Å². The highest BCUT2D eigenvalue weighted by molar-refractivity contribution is 6.34. The third-order valence-electron chi connectivity index (χ3n) is 3.72. The van der Waals surface area contributed by atoms with E-state index >= 15 is 0 Å². The van der Waals surface area contributed by atoms with Crippen molar-refractivity contribution in [2.24, 2.45) is 0 Å². The second-order valence-electron chi connectivity index (χ2n) is 5.28. The van der Waals surface area contributed by atoms with Crippen molar-refractivity contribution < 1.29 is 4.79 Å². The minimum atomic E-state index is 0.104. The van der Waals surface area contributed by atoms with E-state index in [1.54, 1.807) is 19.3 Å². The molecule has 1 fully saturated rings. The number of rotatable bonds is 2. The van der Waals surface area contributed by atoms with Gasteiger partial charge < -0.3 is 10.2 Å². The zero-order chi connectivity index (χ0) is 15.0. The molecule has 1 aliphatic rings. The first-order valence-corrected chi connectivity index (χ1v) is 7.22. The molecule has 0 aromatic carbocycles. The summed E-state index contributed by atoms with van der Waals surface area (Å²) in [5.41, 5.74) is 1.76. The van der Waals surface area contributed by atoms with Crippen molar-refractivity contribution in [2.45, 2.75) is 26.3 Å². The van der Waals surface area contributed by atoms with Crippen LogP contribution in [0.4, 0.5) is 5.95 Å². The van der Waals surface area contributed by atoms with Crippen molar-refractivity contribution in [2.75, 3.05) is 18.4 Å². The predicted molar refractivity (Wildman–Crippen MR) is 81.4 cm³/mol. The molecule has 1 atom stereocenters. The van der Waals surface area contributed by atoms with Crippen LogP contribution in [0.3, 0.4) is 0 Å². The molecule has 0 radical (unpaired) electrons. The summed E-state index contributed by atoms with van der Waals surface area (Å²) in [6.07, 6.45) is 4.29. The Morgan fingerprint density at radius 2 is 2.24 bits per heavy atom. The largest absolute Gasteiger partial charge is 0.350 e. The van der Waals surface area contributed by atoms with E-state index in [9.17, 15) is 4.79 Å². The molecule has 1 amide bonds. The molecule has 2 aromatic rings. The number of hydrogen-bond donors (Lipinski definition) is 1. The fourth-order valence-electron chi connectivity index (χ4n) is 2.53. The standard InChI is InChI=1S/C14H16ClN5O/c1-8-5-16-13(15)11-6-17-14(19-12(8)11)18-10-3-4-20(7-10)9(2)21/h5-6,10H,3-4,7H2,1-2H3,(H,17,18,19). The summed E-state index contributed by atoms with van der Waals surface area (Å²) in [6, 6.07) is 0.184. The van der Waals surface area contributed by atoms with E-state index in [-0.39, 0.29) is 11.9 Å². The number of aryl methyl sites for hydroxylation is 1. The molecule has 0 saturated carbocycles. The highest BCUT2D eigenvalue weighted by atomic mass is 35.5. The molecular formula is C14H16ClN5O. The summed E-state index contributed by atoms with van der Waals surface area (Å²) >= 11 is 6.05. The van der Waals surface area contributed by atoms with Crippen LogP contribution < -0.4 is 5.32 Å². The average molecular weight is 306 g/mol. The lowest BCUT2D eigenvalue weighted by Crippen LogP contribution is -2.30. The molecule has 1 aliphatic heterocycles. The van der Waals surface area contributed by atoms with Crippen LogP contribution in [0, 0.1) is 6.92 Å². The number of halogens is 1. The molecule has 1 N–H and O–H groups in total. The zero-order valence-corrected chi connectivity index (χ0v) is 12.7. The number of anilines is 1. The van der Waals surface area contributed by atoms with E-state index in [0.29, 0.717) is 17.6 Å². The van der Waals surface area contributed by atoms with E-state index in [0.717, 1.165) is 29.4 Å². The number of amides is 1. The van der Waals surface area contributed by atoms with Crippen molar-refractivity contribution in [3.05, 3.63) is 23.1 Å². The van der Waals surface area contributed by atoms with Gasteiger partial charge in [0.2, 0.25) is 11.9 Å². The fourth-order valence-corrected chi connectivity index (χ4v) is 2.72. The van der Waals surface area contributed by atoms with Gasteiger partial charge in [0.05, 0.1) is 10.9 Å². The van der Waals surface area contributed by atoms with Crippen molar-refractivity contribution >= 4 is 34.4 Å². The first-order chi connectivity index (χ1) is 10.0. The van der Waals surface area contributed by atoms with E-state index in [1.165, 1.54) is 0 Å². The first kappa shape index (κ1) is 14.0. The maximum atomic E-state index is 11.3. The van der Waals surface area contributed by atoms with Gasteiger partial charge in [-0.3, -0.25) is 4.79 Å². The van der Waals surface area contributed by atoms with E-state index in [4.69, 9.17) is 11.6 Å². The number of nitrogens with zero attached hydrogens (tertiary/aromatic N) is 4. The number of carbonyl (C=O) groups excluding carboxylic acids is 1. The number of fused-ring (bicyclic) bond motifs is 1. The SMILES string of the molecule is CC(=O)N1CCC(Nc2ncc3c(Cl)ncc(C)c3n2)C1. The van der Waals surface area contributed by atoms with Crippen LogP contribution in [0.5, 0.6) is 0 Å². The van der Waals surface area contributed by atoms with E-state index in [1.807, 2.05) is 11.8 Å². The highest BCUT2D eigenvalue weighted by Gasteiger charge is 2.24. The molecule has 21 heavy (non-hydrogen) atoms. The maximum Gasteiger partial charge on any atom is 0.223 e. The predicted octanol–water partition coefficient (Wildman–Crippen LogP) is 2.02. The molecule has 2 aromatic heterocycles. The van der Waals surface area contributed by atoms with Gasteiger partial charge in [-0.1, -0.05) is 11.6 Å². The Balaban J connectivity index is 1.82. The van der Waals surface area contributed by atoms with Gasteiger partial charge in [-0.2, -0.15) is 0 Å². The van der Waals surface area contributed by atoms with Crippen LogP contribution in [0.2, 0.25) is 5.15 Å². The summed E-state index contributed by atoms with van der Waals surface area (Å²) in [6.45, 7) is 4.99. The number of likely N-dealkylation sites (tertiary alicyclic amines) is 1. The molecule has 7 heteroatoms. The summed E-state index contributed by atoms with van der Waals surface area (Å²) in [5.74, 6) is 0.663.